The van der Waals surface area contributed by atoms with Crippen molar-refractivity contribution in [2.75, 3.05) is 47.3 Å². The van der Waals surface area contributed by atoms with E-state index in [9.17, 15) is 24.9 Å². The highest BCUT2D eigenvalue weighted by atomic mass is 16.7. The van der Waals surface area contributed by atoms with Crippen molar-refractivity contribution in [3.05, 3.63) is 72.2 Å². The van der Waals surface area contributed by atoms with Gasteiger partial charge in [-0.3, -0.25) is 14.6 Å². The first-order valence-corrected chi connectivity index (χ1v) is 23.9. The molecule has 12 atom stereocenters. The molecule has 65 heavy (non-hydrogen) atoms. The lowest BCUT2D eigenvalue weighted by atomic mass is 9.79. The zero-order chi connectivity index (χ0) is 46.8. The molecule has 3 aliphatic heterocycles. The number of rotatable bonds is 12. The van der Waals surface area contributed by atoms with E-state index in [-0.39, 0.29) is 24.0 Å². The Morgan fingerprint density at radius 1 is 0.969 bits per heavy atom. The maximum absolute atomic E-state index is 14.0. The molecule has 0 aliphatic carbocycles. The van der Waals surface area contributed by atoms with Gasteiger partial charge in [-0.15, -0.1) is 5.10 Å². The smallest absolute Gasteiger partial charge is 0.308 e. The number of carbonyl (C=O) groups excluding carboxylic acids is 2. The summed E-state index contributed by atoms with van der Waals surface area (Å²) in [6.07, 6.45) is 8.82. The number of cyclic esters (lactones) is 1. The molecule has 0 unspecified atom stereocenters. The number of fused-ring (bicyclic) bond motifs is 1. The van der Waals surface area contributed by atoms with Gasteiger partial charge in [0.1, 0.15) is 12.2 Å². The van der Waals surface area contributed by atoms with E-state index in [0.717, 1.165) is 60.3 Å². The fourth-order valence-electron chi connectivity index (χ4n) is 9.90. The van der Waals surface area contributed by atoms with E-state index < -0.39 is 66.8 Å². The lowest BCUT2D eigenvalue weighted by Gasteiger charge is -2.46. The monoisotopic (exact) mass is 902 g/mol. The molecule has 2 saturated heterocycles. The quantitative estimate of drug-likeness (QED) is 0.199. The number of likely N-dealkylation sites (tertiary alicyclic amines) is 1. The largest absolute Gasteiger partial charge is 0.462 e. The number of nitrogens with zero attached hydrogens (tertiary/aromatic N) is 7. The molecule has 6 rings (SSSR count). The van der Waals surface area contributed by atoms with E-state index in [2.05, 4.69) is 31.2 Å². The number of hydrogen-bond acceptors (Lipinski definition) is 14. The predicted molar refractivity (Wildman–Crippen MR) is 250 cm³/mol. The normalized spacial score (nSPS) is 33.2. The summed E-state index contributed by atoms with van der Waals surface area (Å²) in [4.78, 5) is 38.9. The fraction of sp³-hybridized carbons (Fsp3) is 0.660. The Hall–Kier alpha value is -3.93. The summed E-state index contributed by atoms with van der Waals surface area (Å²) in [5.41, 5.74) is 3.37. The lowest BCUT2D eigenvalue weighted by Crippen LogP contribution is -2.63. The van der Waals surface area contributed by atoms with E-state index in [1.54, 1.807) is 42.9 Å². The molecule has 15 nitrogen and oxygen atoms in total. The molecule has 0 saturated carbocycles. The van der Waals surface area contributed by atoms with Crippen LogP contribution in [-0.4, -0.2) is 158 Å². The molecule has 3 aliphatic rings. The van der Waals surface area contributed by atoms with Crippen molar-refractivity contribution in [2.45, 2.75) is 141 Å². The van der Waals surface area contributed by atoms with Crippen molar-refractivity contribution in [3.63, 3.8) is 0 Å². The van der Waals surface area contributed by atoms with Crippen LogP contribution in [0.2, 0.25) is 0 Å². The first-order valence-electron chi connectivity index (χ1n) is 23.9. The SMILES string of the molecule is CC[C@H]1OC(=O)C[C@@H](O)[C@H](C)[C@@H](O[C@@H]2O[C@H](C)[C@@H](O)[C@H](N(C)C)[C@H]2O)[C@@H](CCN(C)Cc2cn(-c3cnc4ccccc4c3)nn2)C[C@@H](C)C(=O)/C=C\C(C)=C/[C@@H]1CN1CCCCCC1. The average Bonchev–Trinajstić information content (AvgIpc) is 3.59. The van der Waals surface area contributed by atoms with Gasteiger partial charge < -0.3 is 44.2 Å². The molecular formula is C50H75N7O8. The summed E-state index contributed by atoms with van der Waals surface area (Å²) in [6, 6.07) is 9.24. The van der Waals surface area contributed by atoms with E-state index in [0.29, 0.717) is 32.4 Å². The standard InChI is InChI=1S/C50H75N7O8/c1-9-44-38(29-56-21-14-10-11-15-22-56)24-32(2)18-19-42(58)33(3)25-37(20-23-55(8)30-39-31-57(53-52-39)40-26-36-16-12-13-17-41(36)51-28-40)49(34(4)43(59)27-45(60)64-44)65-50-48(62)46(54(6)7)47(61)35(5)63-50/h12-13,16-19,24,26,28,31,33-35,37-38,43-44,46-50,59,61-62H,9-11,14-15,20-23,25,27,29-30H2,1-8H3/b19-18-,32-24-/t33-,34+,35-,37+,38-,43-,44-,46+,47-,48-,49-,50+/m1/s1. The van der Waals surface area contributed by atoms with Gasteiger partial charge in [0.05, 0.1) is 66.2 Å². The molecular weight excluding hydrogens is 827 g/mol. The van der Waals surface area contributed by atoms with Crippen LogP contribution in [0.1, 0.15) is 91.7 Å². The minimum absolute atomic E-state index is 0.0316. The molecule has 0 amide bonds. The number of likely N-dealkylation sites (N-methyl/N-ethyl adjacent to an activating group) is 1. The van der Waals surface area contributed by atoms with Crippen molar-refractivity contribution in [2.24, 2.45) is 23.7 Å². The molecule has 0 bridgehead atoms. The lowest BCUT2D eigenvalue weighted by molar-refractivity contribution is -0.304. The summed E-state index contributed by atoms with van der Waals surface area (Å²) in [7, 11) is 5.56. The first-order chi connectivity index (χ1) is 31.1. The van der Waals surface area contributed by atoms with Crippen LogP contribution in [0.5, 0.6) is 0 Å². The van der Waals surface area contributed by atoms with Crippen LogP contribution in [0.25, 0.3) is 16.6 Å². The second kappa shape index (κ2) is 23.7. The molecule has 5 heterocycles. The average molecular weight is 902 g/mol. The van der Waals surface area contributed by atoms with Gasteiger partial charge in [0.2, 0.25) is 0 Å². The topological polar surface area (TPSA) is 176 Å². The van der Waals surface area contributed by atoms with Crippen molar-refractivity contribution >= 4 is 22.7 Å². The number of aliphatic hydroxyl groups excluding tert-OH is 3. The highest BCUT2D eigenvalue weighted by Gasteiger charge is 2.47. The Kier molecular flexibility index (Phi) is 18.4. The van der Waals surface area contributed by atoms with E-state index in [1.807, 2.05) is 77.3 Å². The van der Waals surface area contributed by atoms with Gasteiger partial charge in [0, 0.05) is 36.2 Å². The van der Waals surface area contributed by atoms with E-state index in [4.69, 9.17) is 14.2 Å². The number of carbonyl (C=O) groups is 2. The number of ketones is 1. The molecule has 2 aromatic heterocycles. The van der Waals surface area contributed by atoms with Crippen LogP contribution >= 0.6 is 0 Å². The van der Waals surface area contributed by atoms with Gasteiger partial charge in [-0.2, -0.15) is 0 Å². The Labute approximate surface area is 385 Å². The minimum Gasteiger partial charge on any atom is -0.462 e. The number of pyridine rings is 1. The molecule has 358 valence electrons. The third-order valence-electron chi connectivity index (χ3n) is 13.8. The molecule has 3 aromatic rings. The van der Waals surface area contributed by atoms with Crippen molar-refractivity contribution in [3.8, 4) is 5.69 Å². The number of aliphatic hydroxyl groups is 3. The Balaban J connectivity index is 1.28. The van der Waals surface area contributed by atoms with Crippen molar-refractivity contribution in [1.82, 2.24) is 34.7 Å². The number of aromatic nitrogens is 4. The number of benzene rings is 1. The van der Waals surface area contributed by atoms with Crippen LogP contribution in [0.3, 0.4) is 0 Å². The second-order valence-electron chi connectivity index (χ2n) is 19.3. The highest BCUT2D eigenvalue weighted by Crippen LogP contribution is 2.35. The second-order valence-corrected chi connectivity index (χ2v) is 19.3. The predicted octanol–water partition coefficient (Wildman–Crippen LogP) is 5.35. The molecule has 15 heteroatoms. The Bertz CT molecular complexity index is 2050. The Morgan fingerprint density at radius 3 is 2.43 bits per heavy atom. The molecule has 3 N–H and O–H groups in total. The van der Waals surface area contributed by atoms with E-state index in [1.165, 1.54) is 12.8 Å². The number of allylic oxidation sites excluding steroid dienone is 3. The molecule has 1 aromatic carbocycles. The fourth-order valence-corrected chi connectivity index (χ4v) is 9.90. The first kappa shape index (κ1) is 50.5. The summed E-state index contributed by atoms with van der Waals surface area (Å²) >= 11 is 0. The third-order valence-corrected chi connectivity index (χ3v) is 13.8. The zero-order valence-corrected chi connectivity index (χ0v) is 39.9. The van der Waals surface area contributed by atoms with Gasteiger partial charge in [-0.05, 0) is 111 Å². The maximum atomic E-state index is 14.0. The number of para-hydroxylation sites is 1. The van der Waals surface area contributed by atoms with Crippen molar-refractivity contribution < 1.29 is 39.1 Å². The summed E-state index contributed by atoms with van der Waals surface area (Å²) in [5, 5.41) is 44.6. The molecule has 0 spiro atoms. The van der Waals surface area contributed by atoms with Gasteiger partial charge in [-0.25, -0.2) is 4.68 Å². The van der Waals surface area contributed by atoms with Crippen molar-refractivity contribution in [1.29, 1.82) is 0 Å². The van der Waals surface area contributed by atoms with Crippen LogP contribution in [0, 0.1) is 23.7 Å². The number of esters is 1. The molecule has 2 fully saturated rings. The summed E-state index contributed by atoms with van der Waals surface area (Å²) < 4.78 is 21.0. The van der Waals surface area contributed by atoms with Gasteiger partial charge in [0.25, 0.3) is 0 Å². The van der Waals surface area contributed by atoms with Crippen LogP contribution < -0.4 is 0 Å². The van der Waals surface area contributed by atoms with Crippen LogP contribution in [0.15, 0.2) is 66.5 Å². The minimum atomic E-state index is -1.24. The Morgan fingerprint density at radius 2 is 1.71 bits per heavy atom. The van der Waals surface area contributed by atoms with Crippen LogP contribution in [0.4, 0.5) is 0 Å². The molecule has 0 radical (unpaired) electrons. The number of ether oxygens (including phenoxy) is 3. The summed E-state index contributed by atoms with van der Waals surface area (Å²) in [5.74, 6) is -2.07. The highest BCUT2D eigenvalue weighted by molar-refractivity contribution is 5.91. The van der Waals surface area contributed by atoms with Gasteiger partial charge in [-0.1, -0.05) is 74.8 Å². The van der Waals surface area contributed by atoms with Gasteiger partial charge in [0.15, 0.2) is 12.1 Å². The number of hydrogen-bond donors (Lipinski definition) is 3. The van der Waals surface area contributed by atoms with E-state index >= 15 is 0 Å². The zero-order valence-electron chi connectivity index (χ0n) is 39.9. The third kappa shape index (κ3) is 13.6. The van der Waals surface area contributed by atoms with Gasteiger partial charge >= 0.3 is 5.97 Å². The summed E-state index contributed by atoms with van der Waals surface area (Å²) in [6.45, 7) is 13.3. The van der Waals surface area contributed by atoms with Crippen LogP contribution in [-0.2, 0) is 30.3 Å². The maximum Gasteiger partial charge on any atom is 0.308 e.